The molecule has 0 aliphatic rings. The van der Waals surface area contributed by atoms with Crippen LogP contribution in [-0.2, 0) is 16.6 Å². The molecule has 2 rings (SSSR count). The highest BCUT2D eigenvalue weighted by atomic mass is 32.2. The summed E-state index contributed by atoms with van der Waals surface area (Å²) in [5.41, 5.74) is 7.03. The molecular formula is C13H13FN2O2S3. The number of hydrogen-bond donors (Lipinski definition) is 2. The Kier molecular flexibility index (Phi) is 4.72. The fourth-order valence-electron chi connectivity index (χ4n) is 1.79. The number of aryl methyl sites for hydroxylation is 1. The zero-order valence-corrected chi connectivity index (χ0v) is 13.5. The van der Waals surface area contributed by atoms with Crippen molar-refractivity contribution in [2.24, 2.45) is 5.73 Å². The van der Waals surface area contributed by atoms with Crippen LogP contribution in [0, 0.1) is 12.7 Å². The van der Waals surface area contributed by atoms with Crippen molar-refractivity contribution >= 4 is 38.6 Å². The van der Waals surface area contributed by atoms with Crippen LogP contribution in [0.25, 0.3) is 0 Å². The smallest absolute Gasteiger partial charge is 0.241 e. The SMILES string of the molecule is Cc1cscc1CNS(=O)(=O)c1cccc(F)c1C(N)=S. The lowest BCUT2D eigenvalue weighted by atomic mass is 10.2. The summed E-state index contributed by atoms with van der Waals surface area (Å²) in [6.45, 7) is 2.02. The first-order valence-corrected chi connectivity index (χ1v) is 8.76. The normalized spacial score (nSPS) is 11.5. The molecule has 0 radical (unpaired) electrons. The summed E-state index contributed by atoms with van der Waals surface area (Å²) in [5.74, 6) is -0.753. The van der Waals surface area contributed by atoms with Crippen LogP contribution >= 0.6 is 23.6 Å². The van der Waals surface area contributed by atoms with Gasteiger partial charge in [0.05, 0.1) is 10.5 Å². The summed E-state index contributed by atoms with van der Waals surface area (Å²) in [4.78, 5) is -0.539. The van der Waals surface area contributed by atoms with Gasteiger partial charge in [-0.3, -0.25) is 0 Å². The van der Waals surface area contributed by atoms with Gasteiger partial charge >= 0.3 is 0 Å². The summed E-state index contributed by atoms with van der Waals surface area (Å²) >= 11 is 6.23. The van der Waals surface area contributed by atoms with E-state index in [0.29, 0.717) is 0 Å². The minimum absolute atomic E-state index is 0.130. The quantitative estimate of drug-likeness (QED) is 0.817. The molecule has 112 valence electrons. The number of benzene rings is 1. The third-order valence-corrected chi connectivity index (χ3v) is 5.48. The van der Waals surface area contributed by atoms with Gasteiger partial charge in [-0.2, -0.15) is 11.3 Å². The molecule has 0 fully saturated rings. The number of hydrogen-bond acceptors (Lipinski definition) is 4. The standard InChI is InChI=1S/C13H13FN2O2S3/c1-8-6-20-7-9(8)5-16-21(17,18)11-4-2-3-10(14)12(11)13(15)19/h2-4,6-7,16H,5H2,1H3,(H2,15,19). The van der Waals surface area contributed by atoms with Crippen molar-refractivity contribution in [3.8, 4) is 0 Å². The molecule has 0 bridgehead atoms. The van der Waals surface area contributed by atoms with Gasteiger partial charge in [-0.25, -0.2) is 17.5 Å². The maximum atomic E-state index is 13.8. The van der Waals surface area contributed by atoms with Crippen LogP contribution in [0.5, 0.6) is 0 Å². The fourth-order valence-corrected chi connectivity index (χ4v) is 4.15. The lowest BCUT2D eigenvalue weighted by Gasteiger charge is -2.11. The molecule has 8 heteroatoms. The minimum atomic E-state index is -3.90. The molecule has 1 heterocycles. The number of thiocarbonyl (C=S) groups is 1. The van der Waals surface area contributed by atoms with Crippen LogP contribution < -0.4 is 10.5 Å². The van der Waals surface area contributed by atoms with Gasteiger partial charge in [-0.15, -0.1) is 0 Å². The van der Waals surface area contributed by atoms with Crippen molar-refractivity contribution in [1.82, 2.24) is 4.72 Å². The lowest BCUT2D eigenvalue weighted by Crippen LogP contribution is -2.27. The molecule has 0 spiro atoms. The number of nitrogens with two attached hydrogens (primary N) is 1. The van der Waals surface area contributed by atoms with Gasteiger partial charge in [0.1, 0.15) is 10.8 Å². The summed E-state index contributed by atoms with van der Waals surface area (Å²) in [6, 6.07) is 3.71. The number of rotatable bonds is 5. The van der Waals surface area contributed by atoms with Gasteiger partial charge in [0.2, 0.25) is 10.0 Å². The summed E-state index contributed by atoms with van der Waals surface area (Å²) in [5, 5.41) is 3.78. The van der Waals surface area contributed by atoms with E-state index in [1.807, 2.05) is 17.7 Å². The summed E-state index contributed by atoms with van der Waals surface area (Å²) < 4.78 is 40.8. The average molecular weight is 344 g/mol. The Hall–Kier alpha value is -1.35. The van der Waals surface area contributed by atoms with Gasteiger partial charge in [0.15, 0.2) is 0 Å². The first kappa shape index (κ1) is 16.0. The van der Waals surface area contributed by atoms with Crippen LogP contribution in [0.1, 0.15) is 16.7 Å². The van der Waals surface area contributed by atoms with Crippen LogP contribution in [0.2, 0.25) is 0 Å². The Balaban J connectivity index is 2.34. The molecule has 1 aromatic heterocycles. The van der Waals surface area contributed by atoms with Crippen molar-refractivity contribution in [2.75, 3.05) is 0 Å². The molecule has 0 atom stereocenters. The van der Waals surface area contributed by atoms with Crippen LogP contribution in [0.4, 0.5) is 4.39 Å². The summed E-state index contributed by atoms with van der Waals surface area (Å²) in [6.07, 6.45) is 0. The molecular weight excluding hydrogens is 331 g/mol. The molecule has 0 amide bonds. The molecule has 0 unspecified atom stereocenters. The van der Waals surface area contributed by atoms with Crippen molar-refractivity contribution in [3.05, 3.63) is 51.5 Å². The molecule has 1 aromatic carbocycles. The van der Waals surface area contributed by atoms with Gasteiger partial charge in [-0.1, -0.05) is 18.3 Å². The van der Waals surface area contributed by atoms with Gasteiger partial charge < -0.3 is 5.73 Å². The van der Waals surface area contributed by atoms with E-state index in [9.17, 15) is 12.8 Å². The molecule has 0 saturated carbocycles. The second-order valence-corrected chi connectivity index (χ2v) is 7.30. The Morgan fingerprint density at radius 2 is 2.14 bits per heavy atom. The monoisotopic (exact) mass is 344 g/mol. The highest BCUT2D eigenvalue weighted by Gasteiger charge is 2.22. The second-order valence-electron chi connectivity index (χ2n) is 4.38. The third kappa shape index (κ3) is 3.46. The van der Waals surface area contributed by atoms with Crippen LogP contribution in [0.15, 0.2) is 33.9 Å². The number of halogens is 1. The molecule has 2 aromatic rings. The Morgan fingerprint density at radius 1 is 1.43 bits per heavy atom. The highest BCUT2D eigenvalue weighted by molar-refractivity contribution is 7.89. The predicted molar refractivity (Wildman–Crippen MR) is 85.4 cm³/mol. The van der Waals surface area contributed by atoms with E-state index < -0.39 is 15.8 Å². The van der Waals surface area contributed by atoms with E-state index in [4.69, 9.17) is 18.0 Å². The van der Waals surface area contributed by atoms with E-state index in [0.717, 1.165) is 17.2 Å². The molecule has 21 heavy (non-hydrogen) atoms. The average Bonchev–Trinajstić information content (AvgIpc) is 2.81. The largest absolute Gasteiger partial charge is 0.389 e. The van der Waals surface area contributed by atoms with E-state index in [2.05, 4.69) is 4.72 Å². The number of nitrogens with one attached hydrogen (secondary N) is 1. The maximum Gasteiger partial charge on any atom is 0.241 e. The zero-order valence-electron chi connectivity index (χ0n) is 11.1. The fraction of sp³-hybridized carbons (Fsp3) is 0.154. The minimum Gasteiger partial charge on any atom is -0.389 e. The van der Waals surface area contributed by atoms with Crippen LogP contribution in [0.3, 0.4) is 0 Å². The van der Waals surface area contributed by atoms with Crippen molar-refractivity contribution in [2.45, 2.75) is 18.4 Å². The lowest BCUT2D eigenvalue weighted by molar-refractivity contribution is 0.576. The van der Waals surface area contributed by atoms with E-state index >= 15 is 0 Å². The maximum absolute atomic E-state index is 13.8. The van der Waals surface area contributed by atoms with Crippen molar-refractivity contribution in [1.29, 1.82) is 0 Å². The first-order chi connectivity index (χ1) is 9.83. The molecule has 0 aliphatic carbocycles. The van der Waals surface area contributed by atoms with E-state index in [1.54, 1.807) is 0 Å². The number of thiophene rings is 1. The molecule has 3 N–H and O–H groups in total. The second kappa shape index (κ2) is 6.18. The van der Waals surface area contributed by atoms with E-state index in [-0.39, 0.29) is 22.0 Å². The zero-order chi connectivity index (χ0) is 15.6. The summed E-state index contributed by atoms with van der Waals surface area (Å²) in [7, 11) is -3.90. The topological polar surface area (TPSA) is 72.2 Å². The Bertz CT molecular complexity index is 784. The van der Waals surface area contributed by atoms with E-state index in [1.165, 1.54) is 23.5 Å². The van der Waals surface area contributed by atoms with Gasteiger partial charge in [0, 0.05) is 6.54 Å². The van der Waals surface area contributed by atoms with Crippen molar-refractivity contribution in [3.63, 3.8) is 0 Å². The third-order valence-electron chi connectivity index (χ3n) is 2.93. The predicted octanol–water partition coefficient (Wildman–Crippen LogP) is 2.31. The number of sulfonamides is 1. The highest BCUT2D eigenvalue weighted by Crippen LogP contribution is 2.20. The molecule has 0 aliphatic heterocycles. The molecule has 0 saturated heterocycles. The first-order valence-electron chi connectivity index (χ1n) is 5.92. The van der Waals surface area contributed by atoms with Gasteiger partial charge in [-0.05, 0) is 40.9 Å². The van der Waals surface area contributed by atoms with Crippen LogP contribution in [-0.4, -0.2) is 13.4 Å². The molecule has 4 nitrogen and oxygen atoms in total. The van der Waals surface area contributed by atoms with Gasteiger partial charge in [0.25, 0.3) is 0 Å². The Labute approximate surface area is 131 Å². The Morgan fingerprint density at radius 3 is 2.71 bits per heavy atom. The van der Waals surface area contributed by atoms with Crippen molar-refractivity contribution < 1.29 is 12.8 Å².